The summed E-state index contributed by atoms with van der Waals surface area (Å²) in [6.45, 7) is 3.73. The van der Waals surface area contributed by atoms with Crippen molar-refractivity contribution in [1.82, 2.24) is 19.5 Å². The van der Waals surface area contributed by atoms with Gasteiger partial charge in [0.2, 0.25) is 5.95 Å². The van der Waals surface area contributed by atoms with E-state index in [1.807, 2.05) is 19.9 Å². The van der Waals surface area contributed by atoms with Crippen molar-refractivity contribution >= 4 is 17.0 Å². The Morgan fingerprint density at radius 3 is 2.70 bits per heavy atom. The molecule has 0 bridgehead atoms. The number of hydrogen-bond donors (Lipinski definition) is 2. The second-order valence-corrected chi connectivity index (χ2v) is 6.83. The molecule has 2 N–H and O–H groups in total. The Kier molecular flexibility index (Phi) is 4.86. The van der Waals surface area contributed by atoms with Gasteiger partial charge < -0.3 is 5.32 Å². The van der Waals surface area contributed by atoms with Crippen LogP contribution in [0.2, 0.25) is 0 Å². The molecule has 0 unspecified atom stereocenters. The molecule has 0 aliphatic carbocycles. The Hall–Kier alpha value is -3.88. The van der Waals surface area contributed by atoms with E-state index >= 15 is 0 Å². The molecule has 2 aromatic heterocycles. The highest BCUT2D eigenvalue weighted by Gasteiger charge is 2.14. The molecule has 0 saturated carbocycles. The highest BCUT2D eigenvalue weighted by atomic mass is 19.1. The lowest BCUT2D eigenvalue weighted by Crippen LogP contribution is -2.34. The van der Waals surface area contributed by atoms with Gasteiger partial charge in [0.05, 0.1) is 5.69 Å². The first-order chi connectivity index (χ1) is 14.3. The molecule has 0 amide bonds. The standard InChI is InChI=1S/C21H17F2N5O2/c1-11-4-3-5-17(12(11)2)28-19(29)15-10-25-20(26-18(15)27-21(28)30)24-9-13-6-7-14(22)8-16(13)23/h3-8,10H,9H2,1-2H3,(H2,24,25,26,27,30). The van der Waals surface area contributed by atoms with Gasteiger partial charge in [-0.25, -0.2) is 23.1 Å². The smallest absolute Gasteiger partial charge is 0.334 e. The predicted molar refractivity (Wildman–Crippen MR) is 109 cm³/mol. The van der Waals surface area contributed by atoms with Crippen LogP contribution in [0.3, 0.4) is 0 Å². The fourth-order valence-corrected chi connectivity index (χ4v) is 3.12. The molecule has 4 aromatic rings. The number of aromatic amines is 1. The zero-order valence-corrected chi connectivity index (χ0v) is 16.2. The Balaban J connectivity index is 1.72. The minimum Gasteiger partial charge on any atom is -0.350 e. The fourth-order valence-electron chi connectivity index (χ4n) is 3.12. The van der Waals surface area contributed by atoms with Crippen molar-refractivity contribution < 1.29 is 8.78 Å². The number of hydrogen-bond acceptors (Lipinski definition) is 5. The maximum atomic E-state index is 13.8. The molecule has 0 saturated heterocycles. The summed E-state index contributed by atoms with van der Waals surface area (Å²) in [6, 6.07) is 8.60. The third kappa shape index (κ3) is 3.45. The van der Waals surface area contributed by atoms with Crippen LogP contribution in [-0.2, 0) is 6.54 Å². The van der Waals surface area contributed by atoms with Crippen molar-refractivity contribution in [3.63, 3.8) is 0 Å². The number of benzene rings is 2. The van der Waals surface area contributed by atoms with Crippen molar-refractivity contribution in [3.8, 4) is 5.69 Å². The highest BCUT2D eigenvalue weighted by Crippen LogP contribution is 2.16. The molecule has 0 aliphatic heterocycles. The molecule has 2 aromatic carbocycles. The van der Waals surface area contributed by atoms with E-state index in [0.29, 0.717) is 5.69 Å². The van der Waals surface area contributed by atoms with Gasteiger partial charge in [-0.2, -0.15) is 4.98 Å². The third-order valence-corrected chi connectivity index (χ3v) is 4.92. The van der Waals surface area contributed by atoms with E-state index < -0.39 is 22.9 Å². The summed E-state index contributed by atoms with van der Waals surface area (Å²) in [5.41, 5.74) is 1.35. The Labute approximate surface area is 169 Å². The Morgan fingerprint density at radius 1 is 1.13 bits per heavy atom. The monoisotopic (exact) mass is 409 g/mol. The number of anilines is 1. The van der Waals surface area contributed by atoms with E-state index in [2.05, 4.69) is 20.3 Å². The predicted octanol–water partition coefficient (Wildman–Crippen LogP) is 2.98. The molecule has 152 valence electrons. The van der Waals surface area contributed by atoms with Gasteiger partial charge in [0.15, 0.2) is 5.65 Å². The fraction of sp³-hybridized carbons (Fsp3) is 0.143. The molecule has 30 heavy (non-hydrogen) atoms. The maximum absolute atomic E-state index is 13.8. The van der Waals surface area contributed by atoms with Gasteiger partial charge >= 0.3 is 5.69 Å². The number of aromatic nitrogens is 4. The van der Waals surface area contributed by atoms with E-state index in [9.17, 15) is 18.4 Å². The second-order valence-electron chi connectivity index (χ2n) is 6.83. The quantitative estimate of drug-likeness (QED) is 0.541. The van der Waals surface area contributed by atoms with Crippen LogP contribution in [0.5, 0.6) is 0 Å². The molecule has 0 aliphatic rings. The van der Waals surface area contributed by atoms with Crippen molar-refractivity contribution in [2.45, 2.75) is 20.4 Å². The normalized spacial score (nSPS) is 11.1. The largest absolute Gasteiger partial charge is 0.350 e. The lowest BCUT2D eigenvalue weighted by molar-refractivity contribution is 0.574. The van der Waals surface area contributed by atoms with Gasteiger partial charge in [-0.1, -0.05) is 18.2 Å². The van der Waals surface area contributed by atoms with Crippen molar-refractivity contribution in [1.29, 1.82) is 0 Å². The lowest BCUT2D eigenvalue weighted by Gasteiger charge is -2.11. The van der Waals surface area contributed by atoms with Crippen LogP contribution in [0, 0.1) is 25.5 Å². The highest BCUT2D eigenvalue weighted by molar-refractivity contribution is 5.73. The first-order valence-corrected chi connectivity index (χ1v) is 9.11. The molecular formula is C21H17F2N5O2. The first kappa shape index (κ1) is 19.4. The number of halogens is 2. The number of nitrogens with one attached hydrogen (secondary N) is 2. The summed E-state index contributed by atoms with van der Waals surface area (Å²) in [5.74, 6) is -1.28. The lowest BCUT2D eigenvalue weighted by atomic mass is 10.1. The molecule has 0 spiro atoms. The van der Waals surface area contributed by atoms with E-state index in [1.54, 1.807) is 12.1 Å². The molecule has 0 radical (unpaired) electrons. The van der Waals surface area contributed by atoms with Crippen LogP contribution in [0.4, 0.5) is 14.7 Å². The molecule has 9 heteroatoms. The molecule has 2 heterocycles. The van der Waals surface area contributed by atoms with Crippen molar-refractivity contribution in [2.24, 2.45) is 0 Å². The van der Waals surface area contributed by atoms with Crippen molar-refractivity contribution in [3.05, 3.63) is 91.8 Å². The molecule has 0 fully saturated rings. The van der Waals surface area contributed by atoms with Crippen LogP contribution in [0.15, 0.2) is 52.2 Å². The molecule has 7 nitrogen and oxygen atoms in total. The molecule has 4 rings (SSSR count). The number of aryl methyl sites for hydroxylation is 1. The van der Waals surface area contributed by atoms with Gasteiger partial charge in [0, 0.05) is 24.4 Å². The average molecular weight is 409 g/mol. The van der Waals surface area contributed by atoms with Crippen LogP contribution >= 0.6 is 0 Å². The summed E-state index contributed by atoms with van der Waals surface area (Å²) in [4.78, 5) is 36.4. The van der Waals surface area contributed by atoms with E-state index in [-0.39, 0.29) is 29.1 Å². The molecule has 0 atom stereocenters. The van der Waals surface area contributed by atoms with Crippen LogP contribution in [0.1, 0.15) is 16.7 Å². The van der Waals surface area contributed by atoms with E-state index in [4.69, 9.17) is 0 Å². The van der Waals surface area contributed by atoms with Gasteiger partial charge in [-0.05, 0) is 37.1 Å². The summed E-state index contributed by atoms with van der Waals surface area (Å²) in [6.07, 6.45) is 1.30. The second kappa shape index (κ2) is 7.51. The number of nitrogens with zero attached hydrogens (tertiary/aromatic N) is 3. The van der Waals surface area contributed by atoms with Crippen LogP contribution in [0.25, 0.3) is 16.7 Å². The number of fused-ring (bicyclic) bond motifs is 1. The topological polar surface area (TPSA) is 92.7 Å². The van der Waals surface area contributed by atoms with Crippen LogP contribution in [-0.4, -0.2) is 19.5 Å². The maximum Gasteiger partial charge on any atom is 0.334 e. The average Bonchev–Trinajstić information content (AvgIpc) is 2.70. The van der Waals surface area contributed by atoms with Gasteiger partial charge in [0.25, 0.3) is 5.56 Å². The van der Waals surface area contributed by atoms with Gasteiger partial charge in [-0.15, -0.1) is 0 Å². The minimum absolute atomic E-state index is 0.00139. The summed E-state index contributed by atoms with van der Waals surface area (Å²) in [7, 11) is 0. The summed E-state index contributed by atoms with van der Waals surface area (Å²) < 4.78 is 27.8. The van der Waals surface area contributed by atoms with E-state index in [1.165, 1.54) is 12.3 Å². The SMILES string of the molecule is Cc1cccc(-n2c(=O)[nH]c3nc(NCc4ccc(F)cc4F)ncc3c2=O)c1C. The van der Waals surface area contributed by atoms with Crippen LogP contribution < -0.4 is 16.6 Å². The summed E-state index contributed by atoms with van der Waals surface area (Å²) in [5, 5.41) is 2.93. The zero-order chi connectivity index (χ0) is 21.4. The Morgan fingerprint density at radius 2 is 1.93 bits per heavy atom. The Bertz CT molecular complexity index is 1390. The number of rotatable bonds is 4. The van der Waals surface area contributed by atoms with Gasteiger partial charge in [0.1, 0.15) is 17.0 Å². The first-order valence-electron chi connectivity index (χ1n) is 9.11. The van der Waals surface area contributed by atoms with Crippen molar-refractivity contribution in [2.75, 3.05) is 5.32 Å². The number of H-pyrrole nitrogens is 1. The molecular weight excluding hydrogens is 392 g/mol. The van der Waals surface area contributed by atoms with Gasteiger partial charge in [-0.3, -0.25) is 9.78 Å². The third-order valence-electron chi connectivity index (χ3n) is 4.92. The minimum atomic E-state index is -0.701. The summed E-state index contributed by atoms with van der Waals surface area (Å²) >= 11 is 0. The van der Waals surface area contributed by atoms with E-state index in [0.717, 1.165) is 27.8 Å². The zero-order valence-electron chi connectivity index (χ0n) is 16.2.